The lowest BCUT2D eigenvalue weighted by Gasteiger charge is -2.13. The van der Waals surface area contributed by atoms with E-state index in [0.29, 0.717) is 29.4 Å². The van der Waals surface area contributed by atoms with Crippen LogP contribution < -0.4 is 14.2 Å². The monoisotopic (exact) mass is 344 g/mol. The number of hydrogen-bond donors (Lipinski definition) is 0. The van der Waals surface area contributed by atoms with Crippen molar-refractivity contribution in [3.05, 3.63) is 47.5 Å². The maximum atomic E-state index is 11.3. The van der Waals surface area contributed by atoms with Crippen LogP contribution in [-0.4, -0.2) is 26.8 Å². The molecule has 0 heterocycles. The number of methoxy groups -OCH3 is 1. The molecule has 0 aliphatic carbocycles. The molecule has 0 saturated heterocycles. The van der Waals surface area contributed by atoms with Gasteiger partial charge in [-0.05, 0) is 37.1 Å². The van der Waals surface area contributed by atoms with E-state index in [1.165, 1.54) is 7.11 Å². The lowest BCUT2D eigenvalue weighted by atomic mass is 10.1. The molecule has 0 N–H and O–H groups in total. The Kier molecular flexibility index (Phi) is 7.29. The van der Waals surface area contributed by atoms with Gasteiger partial charge in [0.2, 0.25) is 0 Å². The largest absolute Gasteiger partial charge is 0.493 e. The number of rotatable bonds is 10. The Balaban J connectivity index is 2.17. The normalized spacial score (nSPS) is 10.4. The summed E-state index contributed by atoms with van der Waals surface area (Å²) in [5, 5.41) is 0. The van der Waals surface area contributed by atoms with Gasteiger partial charge in [0.25, 0.3) is 0 Å². The van der Waals surface area contributed by atoms with Gasteiger partial charge in [-0.3, -0.25) is 4.79 Å². The van der Waals surface area contributed by atoms with Crippen LogP contribution in [0.4, 0.5) is 0 Å². The molecule has 0 bridgehead atoms. The molecule has 0 radical (unpaired) electrons. The highest BCUT2D eigenvalue weighted by Gasteiger charge is 2.11. The van der Waals surface area contributed by atoms with Gasteiger partial charge in [0, 0.05) is 19.2 Å². The molecule has 0 unspecified atom stereocenters. The van der Waals surface area contributed by atoms with Crippen LogP contribution in [0.2, 0.25) is 0 Å². The van der Waals surface area contributed by atoms with E-state index < -0.39 is 0 Å². The zero-order valence-corrected chi connectivity index (χ0v) is 14.9. The molecule has 0 fully saturated rings. The highest BCUT2D eigenvalue weighted by Crippen LogP contribution is 2.31. The van der Waals surface area contributed by atoms with E-state index in [0.717, 1.165) is 30.4 Å². The first kappa shape index (κ1) is 18.8. The molecule has 0 atom stereocenters. The average Bonchev–Trinajstić information content (AvgIpc) is 2.60. The number of carbonyl (C=O) groups excluding carboxylic acids is 1. The molecule has 0 aliphatic rings. The summed E-state index contributed by atoms with van der Waals surface area (Å²) in [5.41, 5.74) is 1.26. The minimum atomic E-state index is 0.0600. The molecule has 0 amide bonds. The first-order valence-corrected chi connectivity index (χ1v) is 8.30. The molecule has 0 saturated carbocycles. The Bertz CT molecular complexity index is 696. The number of aryl methyl sites for hydroxylation is 1. The summed E-state index contributed by atoms with van der Waals surface area (Å²) < 4.78 is 22.0. The van der Waals surface area contributed by atoms with Gasteiger partial charge in [0.1, 0.15) is 23.0 Å². The van der Waals surface area contributed by atoms with Crippen LogP contribution in [0.25, 0.3) is 0 Å². The van der Waals surface area contributed by atoms with Crippen molar-refractivity contribution in [2.45, 2.75) is 26.7 Å². The topological polar surface area (TPSA) is 54.0 Å². The molecule has 5 heteroatoms. The number of benzene rings is 2. The number of ether oxygens (including phenoxy) is 4. The van der Waals surface area contributed by atoms with Crippen molar-refractivity contribution in [2.24, 2.45) is 0 Å². The summed E-state index contributed by atoms with van der Waals surface area (Å²) in [6.07, 6.45) is 2.87. The predicted molar refractivity (Wildman–Crippen MR) is 96.0 cm³/mol. The third kappa shape index (κ3) is 5.50. The van der Waals surface area contributed by atoms with E-state index in [2.05, 4.69) is 6.92 Å². The molecule has 2 aromatic rings. The SMILES string of the molecule is CCCCOc1cccc(Oc2cc(C)c(C=O)c(OCOC)c2)c1. The molecule has 0 aliphatic heterocycles. The zero-order chi connectivity index (χ0) is 18.1. The lowest BCUT2D eigenvalue weighted by Crippen LogP contribution is -2.03. The summed E-state index contributed by atoms with van der Waals surface area (Å²) in [7, 11) is 1.53. The minimum Gasteiger partial charge on any atom is -0.493 e. The summed E-state index contributed by atoms with van der Waals surface area (Å²) in [6.45, 7) is 4.70. The van der Waals surface area contributed by atoms with Gasteiger partial charge < -0.3 is 18.9 Å². The standard InChI is InChI=1S/C20H24O5/c1-4-5-9-23-16-7-6-8-17(11-16)25-18-10-15(2)19(13-21)20(12-18)24-14-22-3/h6-8,10-13H,4-5,9,14H2,1-3H3. The van der Waals surface area contributed by atoms with Crippen LogP contribution >= 0.6 is 0 Å². The van der Waals surface area contributed by atoms with Gasteiger partial charge in [-0.1, -0.05) is 19.4 Å². The minimum absolute atomic E-state index is 0.0600. The molecule has 0 aromatic heterocycles. The van der Waals surface area contributed by atoms with E-state index >= 15 is 0 Å². The third-order valence-electron chi connectivity index (χ3n) is 3.58. The van der Waals surface area contributed by atoms with E-state index in [9.17, 15) is 4.79 Å². The number of hydrogen-bond acceptors (Lipinski definition) is 5. The predicted octanol–water partition coefficient (Wildman–Crippen LogP) is 4.76. The highest BCUT2D eigenvalue weighted by molar-refractivity contribution is 5.82. The molecule has 0 spiro atoms. The number of carbonyl (C=O) groups is 1. The van der Waals surface area contributed by atoms with E-state index in [1.807, 2.05) is 31.2 Å². The Hall–Kier alpha value is -2.53. The van der Waals surface area contributed by atoms with Crippen LogP contribution in [0.15, 0.2) is 36.4 Å². The Morgan fingerprint density at radius 2 is 1.84 bits per heavy atom. The molecule has 5 nitrogen and oxygen atoms in total. The molecular weight excluding hydrogens is 320 g/mol. The maximum Gasteiger partial charge on any atom is 0.188 e. The molecule has 2 aromatic carbocycles. The second-order valence-corrected chi connectivity index (χ2v) is 5.60. The van der Waals surface area contributed by atoms with Crippen LogP contribution in [0.3, 0.4) is 0 Å². The van der Waals surface area contributed by atoms with Gasteiger partial charge in [-0.2, -0.15) is 0 Å². The zero-order valence-electron chi connectivity index (χ0n) is 14.9. The van der Waals surface area contributed by atoms with E-state index in [4.69, 9.17) is 18.9 Å². The van der Waals surface area contributed by atoms with Crippen LogP contribution in [0, 0.1) is 6.92 Å². The Morgan fingerprint density at radius 1 is 1.04 bits per heavy atom. The van der Waals surface area contributed by atoms with E-state index in [-0.39, 0.29) is 6.79 Å². The van der Waals surface area contributed by atoms with Crippen molar-refractivity contribution in [2.75, 3.05) is 20.5 Å². The van der Waals surface area contributed by atoms with Crippen molar-refractivity contribution < 1.29 is 23.7 Å². The molecule has 2 rings (SSSR count). The van der Waals surface area contributed by atoms with Crippen LogP contribution in [0.5, 0.6) is 23.0 Å². The fourth-order valence-electron chi connectivity index (χ4n) is 2.28. The maximum absolute atomic E-state index is 11.3. The second-order valence-electron chi connectivity index (χ2n) is 5.60. The Morgan fingerprint density at radius 3 is 2.56 bits per heavy atom. The van der Waals surface area contributed by atoms with Crippen molar-refractivity contribution >= 4 is 6.29 Å². The Labute approximate surface area is 148 Å². The van der Waals surface area contributed by atoms with Crippen molar-refractivity contribution in [1.29, 1.82) is 0 Å². The first-order chi connectivity index (χ1) is 12.2. The van der Waals surface area contributed by atoms with Crippen molar-refractivity contribution in [3.63, 3.8) is 0 Å². The summed E-state index contributed by atoms with van der Waals surface area (Å²) >= 11 is 0. The third-order valence-corrected chi connectivity index (χ3v) is 3.58. The van der Waals surface area contributed by atoms with Crippen molar-refractivity contribution in [3.8, 4) is 23.0 Å². The van der Waals surface area contributed by atoms with Gasteiger partial charge in [-0.15, -0.1) is 0 Å². The van der Waals surface area contributed by atoms with Crippen molar-refractivity contribution in [1.82, 2.24) is 0 Å². The van der Waals surface area contributed by atoms with Crippen LogP contribution in [-0.2, 0) is 4.74 Å². The fourth-order valence-corrected chi connectivity index (χ4v) is 2.28. The quantitative estimate of drug-likeness (QED) is 0.353. The lowest BCUT2D eigenvalue weighted by molar-refractivity contribution is 0.0504. The van der Waals surface area contributed by atoms with E-state index in [1.54, 1.807) is 12.1 Å². The molecule has 25 heavy (non-hydrogen) atoms. The van der Waals surface area contributed by atoms with Gasteiger partial charge in [0.05, 0.1) is 12.2 Å². The summed E-state index contributed by atoms with van der Waals surface area (Å²) in [6, 6.07) is 11.0. The molecule has 134 valence electrons. The number of unbranched alkanes of at least 4 members (excludes halogenated alkanes) is 1. The van der Waals surface area contributed by atoms with Crippen LogP contribution in [0.1, 0.15) is 35.7 Å². The summed E-state index contributed by atoms with van der Waals surface area (Å²) in [4.78, 5) is 11.3. The van der Waals surface area contributed by atoms with Gasteiger partial charge >= 0.3 is 0 Å². The highest BCUT2D eigenvalue weighted by atomic mass is 16.7. The first-order valence-electron chi connectivity index (χ1n) is 8.30. The van der Waals surface area contributed by atoms with Gasteiger partial charge in [0.15, 0.2) is 13.1 Å². The smallest absolute Gasteiger partial charge is 0.188 e. The van der Waals surface area contributed by atoms with Gasteiger partial charge in [-0.25, -0.2) is 0 Å². The molecular formula is C20H24O5. The summed E-state index contributed by atoms with van der Waals surface area (Å²) in [5.74, 6) is 2.44. The average molecular weight is 344 g/mol. The number of aldehydes is 1. The fraction of sp³-hybridized carbons (Fsp3) is 0.350. The second kappa shape index (κ2) is 9.69.